The maximum Gasteiger partial charge on any atom is 0.243 e. The second-order valence-corrected chi connectivity index (χ2v) is 7.70. The van der Waals surface area contributed by atoms with Crippen molar-refractivity contribution < 1.29 is 17.3 Å². The summed E-state index contributed by atoms with van der Waals surface area (Å²) >= 11 is 1.46. The molecule has 0 saturated heterocycles. The lowest BCUT2D eigenvalue weighted by molar-refractivity contribution is 0.337. The maximum absolute atomic E-state index is 12.9. The lowest BCUT2D eigenvalue weighted by Crippen LogP contribution is -2.26. The van der Waals surface area contributed by atoms with E-state index in [1.807, 2.05) is 17.5 Å². The summed E-state index contributed by atoms with van der Waals surface area (Å²) in [4.78, 5) is 5.02. The first-order chi connectivity index (χ1) is 11.0. The van der Waals surface area contributed by atoms with Crippen molar-refractivity contribution in [3.8, 4) is 10.7 Å². The van der Waals surface area contributed by atoms with E-state index in [-0.39, 0.29) is 17.3 Å². The van der Waals surface area contributed by atoms with E-state index in [1.165, 1.54) is 30.5 Å². The second-order valence-electron chi connectivity index (χ2n) is 4.70. The summed E-state index contributed by atoms with van der Waals surface area (Å²) < 4.78 is 43.9. The van der Waals surface area contributed by atoms with Crippen molar-refractivity contribution in [1.29, 1.82) is 0 Å². The summed E-state index contributed by atoms with van der Waals surface area (Å²) in [5.41, 5.74) is 0. The lowest BCUT2D eigenvalue weighted by Gasteiger charge is -2.14. The quantitative estimate of drug-likeness (QED) is 0.705. The van der Waals surface area contributed by atoms with E-state index in [4.69, 9.17) is 4.52 Å². The summed E-state index contributed by atoms with van der Waals surface area (Å²) in [6.45, 7) is -0.0713. The number of benzene rings is 1. The zero-order chi connectivity index (χ0) is 16.4. The standard InChI is InChI=1S/C14H12FN3O3S2/c1-18(23(19,20)11-6-4-10(15)5-7-11)9-13-16-14(17-21-13)12-3-2-8-22-12/h2-8H,9H2,1H3. The van der Waals surface area contributed by atoms with E-state index in [2.05, 4.69) is 10.1 Å². The van der Waals surface area contributed by atoms with Crippen LogP contribution in [-0.2, 0) is 16.6 Å². The van der Waals surface area contributed by atoms with Crippen LogP contribution in [0, 0.1) is 5.82 Å². The Morgan fingerprint density at radius 1 is 1.26 bits per heavy atom. The van der Waals surface area contributed by atoms with Gasteiger partial charge in [-0.25, -0.2) is 12.8 Å². The Labute approximate surface area is 136 Å². The smallest absolute Gasteiger partial charge is 0.243 e. The predicted octanol–water partition coefficient (Wildman–Crippen LogP) is 2.76. The van der Waals surface area contributed by atoms with Crippen molar-refractivity contribution in [1.82, 2.24) is 14.4 Å². The zero-order valence-corrected chi connectivity index (χ0v) is 13.6. The molecule has 2 aromatic heterocycles. The number of sulfonamides is 1. The monoisotopic (exact) mass is 353 g/mol. The molecule has 0 aliphatic rings. The molecule has 0 fully saturated rings. The Bertz CT molecular complexity index is 890. The molecule has 6 nitrogen and oxygen atoms in total. The van der Waals surface area contributed by atoms with Gasteiger partial charge in [-0.1, -0.05) is 11.2 Å². The van der Waals surface area contributed by atoms with Gasteiger partial charge in [0.1, 0.15) is 5.82 Å². The average Bonchev–Trinajstić information content (AvgIpc) is 3.18. The van der Waals surface area contributed by atoms with Gasteiger partial charge >= 0.3 is 0 Å². The molecule has 2 heterocycles. The molecule has 120 valence electrons. The third kappa shape index (κ3) is 3.31. The van der Waals surface area contributed by atoms with Crippen LogP contribution in [0.25, 0.3) is 10.7 Å². The molecule has 0 amide bonds. The minimum Gasteiger partial charge on any atom is -0.337 e. The Hall–Kier alpha value is -2.10. The topological polar surface area (TPSA) is 76.3 Å². The predicted molar refractivity (Wildman–Crippen MR) is 82.7 cm³/mol. The molecule has 0 saturated carbocycles. The van der Waals surface area contributed by atoms with Crippen LogP contribution in [-0.4, -0.2) is 29.9 Å². The number of aromatic nitrogens is 2. The van der Waals surface area contributed by atoms with Crippen molar-refractivity contribution >= 4 is 21.4 Å². The minimum atomic E-state index is -3.76. The first kappa shape index (κ1) is 15.8. The van der Waals surface area contributed by atoms with Gasteiger partial charge in [0, 0.05) is 7.05 Å². The molecular weight excluding hydrogens is 341 g/mol. The SMILES string of the molecule is CN(Cc1nc(-c2cccs2)no1)S(=O)(=O)c1ccc(F)cc1. The average molecular weight is 353 g/mol. The van der Waals surface area contributed by atoms with Gasteiger partial charge in [0.05, 0.1) is 16.3 Å². The normalized spacial score (nSPS) is 12.0. The highest BCUT2D eigenvalue weighted by Crippen LogP contribution is 2.22. The number of hydrogen-bond donors (Lipinski definition) is 0. The Kier molecular flexibility index (Phi) is 4.24. The van der Waals surface area contributed by atoms with Crippen molar-refractivity contribution in [3.05, 3.63) is 53.5 Å². The summed E-state index contributed by atoms with van der Waals surface area (Å²) in [5, 5.41) is 5.72. The molecule has 0 N–H and O–H groups in total. The second kappa shape index (κ2) is 6.19. The Balaban J connectivity index is 1.78. The Morgan fingerprint density at radius 3 is 2.65 bits per heavy atom. The van der Waals surface area contributed by atoms with E-state index in [1.54, 1.807) is 0 Å². The number of nitrogens with zero attached hydrogens (tertiary/aromatic N) is 3. The molecular formula is C14H12FN3O3S2. The zero-order valence-electron chi connectivity index (χ0n) is 12.0. The van der Waals surface area contributed by atoms with Crippen LogP contribution in [0.15, 0.2) is 51.2 Å². The molecule has 0 radical (unpaired) electrons. The highest BCUT2D eigenvalue weighted by atomic mass is 32.2. The summed E-state index contributed by atoms with van der Waals surface area (Å²) in [5.74, 6) is 0.105. The van der Waals surface area contributed by atoms with Crippen LogP contribution in [0.5, 0.6) is 0 Å². The number of halogens is 1. The van der Waals surface area contributed by atoms with Crippen LogP contribution in [0.2, 0.25) is 0 Å². The van der Waals surface area contributed by atoms with Gasteiger partial charge in [-0.2, -0.15) is 9.29 Å². The molecule has 23 heavy (non-hydrogen) atoms. The van der Waals surface area contributed by atoms with Crippen molar-refractivity contribution in [2.24, 2.45) is 0 Å². The third-order valence-corrected chi connectivity index (χ3v) is 5.77. The van der Waals surface area contributed by atoms with Gasteiger partial charge < -0.3 is 4.52 Å². The van der Waals surface area contributed by atoms with E-state index >= 15 is 0 Å². The van der Waals surface area contributed by atoms with E-state index in [0.29, 0.717) is 5.82 Å². The first-order valence-electron chi connectivity index (χ1n) is 6.55. The molecule has 9 heteroatoms. The molecule has 3 aromatic rings. The van der Waals surface area contributed by atoms with Crippen LogP contribution in [0.4, 0.5) is 4.39 Å². The summed E-state index contributed by atoms with van der Waals surface area (Å²) in [6.07, 6.45) is 0. The van der Waals surface area contributed by atoms with Crippen LogP contribution in [0.1, 0.15) is 5.89 Å². The van der Waals surface area contributed by atoms with Crippen LogP contribution < -0.4 is 0 Å². The maximum atomic E-state index is 12.9. The number of hydrogen-bond acceptors (Lipinski definition) is 6. The number of rotatable bonds is 5. The van der Waals surface area contributed by atoms with Gasteiger partial charge in [-0.05, 0) is 35.7 Å². The molecule has 0 spiro atoms. The van der Waals surface area contributed by atoms with E-state index in [9.17, 15) is 12.8 Å². The molecule has 3 rings (SSSR count). The molecule has 0 atom stereocenters. The highest BCUT2D eigenvalue weighted by molar-refractivity contribution is 7.89. The Morgan fingerprint density at radius 2 is 2.00 bits per heavy atom. The summed E-state index contributed by atoms with van der Waals surface area (Å²) in [7, 11) is -2.36. The van der Waals surface area contributed by atoms with E-state index in [0.717, 1.165) is 21.3 Å². The van der Waals surface area contributed by atoms with Gasteiger partial charge in [0.2, 0.25) is 21.7 Å². The largest absolute Gasteiger partial charge is 0.337 e. The lowest BCUT2D eigenvalue weighted by atomic mass is 10.4. The highest BCUT2D eigenvalue weighted by Gasteiger charge is 2.23. The third-order valence-electron chi connectivity index (χ3n) is 3.09. The molecule has 1 aromatic carbocycles. The van der Waals surface area contributed by atoms with Crippen LogP contribution in [0.3, 0.4) is 0 Å². The molecule has 0 unspecified atom stereocenters. The van der Waals surface area contributed by atoms with Crippen molar-refractivity contribution in [3.63, 3.8) is 0 Å². The van der Waals surface area contributed by atoms with Gasteiger partial charge in [-0.15, -0.1) is 11.3 Å². The fourth-order valence-electron chi connectivity index (χ4n) is 1.89. The van der Waals surface area contributed by atoms with Gasteiger partial charge in [-0.3, -0.25) is 0 Å². The van der Waals surface area contributed by atoms with Gasteiger partial charge in [0.25, 0.3) is 0 Å². The van der Waals surface area contributed by atoms with Crippen LogP contribution >= 0.6 is 11.3 Å². The van der Waals surface area contributed by atoms with Gasteiger partial charge in [0.15, 0.2) is 0 Å². The van der Waals surface area contributed by atoms with Crippen molar-refractivity contribution in [2.75, 3.05) is 7.05 Å². The number of thiophene rings is 1. The molecule has 0 aliphatic carbocycles. The first-order valence-corrected chi connectivity index (χ1v) is 8.87. The fourth-order valence-corrected chi connectivity index (χ4v) is 3.66. The van der Waals surface area contributed by atoms with E-state index < -0.39 is 15.8 Å². The minimum absolute atomic E-state index is 0.000560. The fraction of sp³-hybridized carbons (Fsp3) is 0.143. The molecule has 0 aliphatic heterocycles. The molecule has 0 bridgehead atoms. The van der Waals surface area contributed by atoms with Crippen molar-refractivity contribution in [2.45, 2.75) is 11.4 Å². The summed E-state index contributed by atoms with van der Waals surface area (Å²) in [6, 6.07) is 8.34.